The first-order chi connectivity index (χ1) is 15.7. The lowest BCUT2D eigenvalue weighted by Crippen LogP contribution is -2.59. The Morgan fingerprint density at radius 3 is 1.81 bits per heavy atom. The summed E-state index contributed by atoms with van der Waals surface area (Å²) in [5, 5.41) is 0. The van der Waals surface area contributed by atoms with Gasteiger partial charge in [0.05, 0.1) is 12.2 Å². The summed E-state index contributed by atoms with van der Waals surface area (Å²) in [6.07, 6.45) is 24.4. The quantitative estimate of drug-likeness (QED) is 0.443. The van der Waals surface area contributed by atoms with Gasteiger partial charge in [0, 0.05) is 24.7 Å². The second-order valence-corrected chi connectivity index (χ2v) is 13.0. The third kappa shape index (κ3) is 3.62. The van der Waals surface area contributed by atoms with E-state index in [0.29, 0.717) is 24.0 Å². The summed E-state index contributed by atoms with van der Waals surface area (Å²) in [4.78, 5) is 12.4. The molecule has 4 nitrogen and oxygen atoms in total. The molecule has 1 saturated heterocycles. The number of hydrogen-bond donors (Lipinski definition) is 0. The molecule has 0 aromatic rings. The van der Waals surface area contributed by atoms with Crippen molar-refractivity contribution in [2.75, 3.05) is 0 Å². The fraction of sp³-hybridized carbons (Fsp3) is 1.00. The predicted molar refractivity (Wildman–Crippen MR) is 121 cm³/mol. The van der Waals surface area contributed by atoms with Crippen molar-refractivity contribution in [2.24, 2.45) is 35.5 Å². The molecule has 0 aromatic heterocycles. The molecule has 0 atom stereocenters. The summed E-state index contributed by atoms with van der Waals surface area (Å²) in [6, 6.07) is 0. The Balaban J connectivity index is 0.920. The normalized spacial score (nSPS) is 53.4. The number of hydrogen-bond acceptors (Lipinski definition) is 4. The molecule has 4 bridgehead atoms. The van der Waals surface area contributed by atoms with Crippen molar-refractivity contribution in [3.8, 4) is 0 Å². The van der Waals surface area contributed by atoms with Crippen LogP contribution in [-0.2, 0) is 19.2 Å². The average Bonchev–Trinajstić information content (AvgIpc) is 3.19. The third-order valence-electron chi connectivity index (χ3n) is 11.1. The predicted octanol–water partition coefficient (Wildman–Crippen LogP) is 6.91. The maximum Gasteiger partial charge on any atom is 0.210 e. The summed E-state index contributed by atoms with van der Waals surface area (Å²) < 4.78 is 13.4. The molecular formula is C28H44O4. The monoisotopic (exact) mass is 444 g/mol. The van der Waals surface area contributed by atoms with Gasteiger partial charge < -0.3 is 9.47 Å². The van der Waals surface area contributed by atoms with Crippen LogP contribution in [0.3, 0.4) is 0 Å². The molecule has 0 aromatic carbocycles. The van der Waals surface area contributed by atoms with Crippen molar-refractivity contribution in [1.29, 1.82) is 0 Å². The van der Waals surface area contributed by atoms with Gasteiger partial charge in [0.25, 0.3) is 0 Å². The number of ether oxygens (including phenoxy) is 2. The molecule has 8 fully saturated rings. The fourth-order valence-corrected chi connectivity index (χ4v) is 9.52. The molecule has 8 rings (SSSR count). The van der Waals surface area contributed by atoms with Gasteiger partial charge in [-0.3, -0.25) is 0 Å². The van der Waals surface area contributed by atoms with E-state index in [4.69, 9.17) is 19.2 Å². The Morgan fingerprint density at radius 2 is 1.16 bits per heavy atom. The van der Waals surface area contributed by atoms with Gasteiger partial charge in [-0.2, -0.15) is 9.78 Å². The first-order valence-electron chi connectivity index (χ1n) is 14.4. The Labute approximate surface area is 194 Å². The molecule has 4 heteroatoms. The fourth-order valence-electron chi connectivity index (χ4n) is 9.52. The van der Waals surface area contributed by atoms with Crippen molar-refractivity contribution in [3.63, 3.8) is 0 Å². The molecule has 1 aliphatic heterocycles. The summed E-state index contributed by atoms with van der Waals surface area (Å²) >= 11 is 0. The minimum atomic E-state index is -0.437. The first kappa shape index (κ1) is 21.1. The van der Waals surface area contributed by atoms with E-state index in [1.54, 1.807) is 0 Å². The van der Waals surface area contributed by atoms with Crippen LogP contribution in [0.4, 0.5) is 0 Å². The van der Waals surface area contributed by atoms with E-state index >= 15 is 0 Å². The topological polar surface area (TPSA) is 36.9 Å². The Morgan fingerprint density at radius 1 is 0.562 bits per heavy atom. The van der Waals surface area contributed by atoms with Gasteiger partial charge in [0.15, 0.2) is 0 Å². The highest BCUT2D eigenvalue weighted by Crippen LogP contribution is 2.64. The van der Waals surface area contributed by atoms with Crippen LogP contribution in [0.5, 0.6) is 0 Å². The minimum absolute atomic E-state index is 0.394. The Kier molecular flexibility index (Phi) is 5.43. The minimum Gasteiger partial charge on any atom is -0.375 e. The standard InChI is InChI=1S/C28H44O4/c1-2-4-25(5-3-1)29-26-8-6-21(7-9-26)22-10-12-27(13-11-22)30-28(32-31-27)23-15-19-14-20(17-23)18-24(28)16-19/h19-26H,1-18H2. The van der Waals surface area contributed by atoms with Crippen LogP contribution in [0.15, 0.2) is 0 Å². The summed E-state index contributed by atoms with van der Waals surface area (Å²) in [7, 11) is 0. The second kappa shape index (κ2) is 8.21. The van der Waals surface area contributed by atoms with E-state index in [1.165, 1.54) is 103 Å². The molecule has 0 amide bonds. The van der Waals surface area contributed by atoms with E-state index < -0.39 is 11.6 Å². The van der Waals surface area contributed by atoms with E-state index in [-0.39, 0.29) is 0 Å². The molecule has 180 valence electrons. The molecule has 0 N–H and O–H groups in total. The van der Waals surface area contributed by atoms with Crippen LogP contribution in [0.2, 0.25) is 0 Å². The van der Waals surface area contributed by atoms with Crippen molar-refractivity contribution in [3.05, 3.63) is 0 Å². The number of rotatable bonds is 3. The molecule has 0 radical (unpaired) electrons. The third-order valence-corrected chi connectivity index (χ3v) is 11.1. The SMILES string of the molecule is C1CCC(OC2CCC(C3CCC4(CC3)OOC3(O4)C4CC5CC(C4)CC3C5)CC2)CC1. The lowest BCUT2D eigenvalue weighted by molar-refractivity contribution is -0.390. The largest absolute Gasteiger partial charge is 0.375 e. The lowest BCUT2D eigenvalue weighted by Gasteiger charge is -2.57. The van der Waals surface area contributed by atoms with E-state index in [1.807, 2.05) is 0 Å². The smallest absolute Gasteiger partial charge is 0.210 e. The molecule has 7 aliphatic carbocycles. The average molecular weight is 445 g/mol. The zero-order valence-corrected chi connectivity index (χ0v) is 20.0. The molecule has 0 unspecified atom stereocenters. The summed E-state index contributed by atoms with van der Waals surface area (Å²) in [5.74, 6) is 3.92. The van der Waals surface area contributed by atoms with Gasteiger partial charge in [-0.15, -0.1) is 0 Å². The van der Waals surface area contributed by atoms with Gasteiger partial charge in [0.1, 0.15) is 0 Å². The second-order valence-electron chi connectivity index (χ2n) is 13.0. The van der Waals surface area contributed by atoms with E-state index in [0.717, 1.165) is 36.5 Å². The van der Waals surface area contributed by atoms with Gasteiger partial charge in [-0.25, -0.2) is 0 Å². The Bertz CT molecular complexity index is 641. The highest BCUT2D eigenvalue weighted by atomic mass is 17.3. The molecule has 1 heterocycles. The maximum atomic E-state index is 6.93. The van der Waals surface area contributed by atoms with Crippen LogP contribution in [-0.4, -0.2) is 23.8 Å². The molecule has 2 spiro atoms. The van der Waals surface area contributed by atoms with E-state index in [2.05, 4.69) is 0 Å². The van der Waals surface area contributed by atoms with Crippen molar-refractivity contribution in [2.45, 2.75) is 139 Å². The van der Waals surface area contributed by atoms with Crippen molar-refractivity contribution in [1.82, 2.24) is 0 Å². The van der Waals surface area contributed by atoms with Crippen LogP contribution in [0, 0.1) is 35.5 Å². The maximum absolute atomic E-state index is 6.93. The van der Waals surface area contributed by atoms with Gasteiger partial charge in [0.2, 0.25) is 11.6 Å². The lowest BCUT2D eigenvalue weighted by atomic mass is 9.53. The zero-order chi connectivity index (χ0) is 21.2. The Hall–Kier alpha value is -0.160. The zero-order valence-electron chi connectivity index (χ0n) is 20.0. The highest BCUT2D eigenvalue weighted by Gasteiger charge is 2.66. The molecular weight excluding hydrogens is 400 g/mol. The van der Waals surface area contributed by atoms with Gasteiger partial charge in [-0.05, 0) is 107 Å². The van der Waals surface area contributed by atoms with Crippen LogP contribution < -0.4 is 0 Å². The van der Waals surface area contributed by atoms with Gasteiger partial charge >= 0.3 is 0 Å². The van der Waals surface area contributed by atoms with Crippen LogP contribution in [0.1, 0.15) is 116 Å². The first-order valence-corrected chi connectivity index (χ1v) is 14.4. The van der Waals surface area contributed by atoms with Crippen molar-refractivity contribution < 1.29 is 19.2 Å². The summed E-state index contributed by atoms with van der Waals surface area (Å²) in [6.45, 7) is 0. The molecule has 32 heavy (non-hydrogen) atoms. The van der Waals surface area contributed by atoms with E-state index in [9.17, 15) is 0 Å². The molecule has 8 aliphatic rings. The summed E-state index contributed by atoms with van der Waals surface area (Å²) in [5.41, 5.74) is 0. The van der Waals surface area contributed by atoms with Crippen LogP contribution >= 0.6 is 0 Å². The van der Waals surface area contributed by atoms with Crippen molar-refractivity contribution >= 4 is 0 Å². The molecule has 7 saturated carbocycles. The highest BCUT2D eigenvalue weighted by molar-refractivity contribution is 5.05. The van der Waals surface area contributed by atoms with Crippen LogP contribution in [0.25, 0.3) is 0 Å². The van der Waals surface area contributed by atoms with Gasteiger partial charge in [-0.1, -0.05) is 19.3 Å².